The number of phosphoric acid groups is 2. The van der Waals surface area contributed by atoms with E-state index in [0.717, 1.165) is 102 Å². The Balaban J connectivity index is 5.25. The Hall–Kier alpha value is -1.94. The van der Waals surface area contributed by atoms with Crippen molar-refractivity contribution in [2.24, 2.45) is 11.8 Å². The lowest BCUT2D eigenvalue weighted by Gasteiger charge is -2.21. The van der Waals surface area contributed by atoms with Crippen LogP contribution in [0.25, 0.3) is 0 Å². The Morgan fingerprint density at radius 3 is 0.697 bits per heavy atom. The van der Waals surface area contributed by atoms with Crippen molar-refractivity contribution >= 4 is 39.5 Å². The molecule has 0 saturated carbocycles. The van der Waals surface area contributed by atoms with Gasteiger partial charge in [-0.15, -0.1) is 0 Å². The number of phosphoric ester groups is 2. The largest absolute Gasteiger partial charge is 0.472 e. The Kier molecular flexibility index (Phi) is 79.8. The fourth-order valence-electron chi connectivity index (χ4n) is 14.1. The molecule has 0 rings (SSSR count). The van der Waals surface area contributed by atoms with E-state index in [1.54, 1.807) is 0 Å². The molecule has 0 aromatic heterocycles. The molecule has 0 heterocycles. The Bertz CT molecular complexity index is 2080. The average molecular weight is 1590 g/mol. The van der Waals surface area contributed by atoms with Crippen LogP contribution in [0.15, 0.2) is 0 Å². The molecule has 0 aliphatic heterocycles. The van der Waals surface area contributed by atoms with E-state index >= 15 is 0 Å². The maximum atomic E-state index is 13.2. The molecule has 6 atom stereocenters. The molecule has 3 N–H and O–H groups in total. The fraction of sp³-hybridized carbons (Fsp3) is 0.956. The van der Waals surface area contributed by atoms with Crippen molar-refractivity contribution in [2.45, 2.75) is 503 Å². The molecule has 0 fully saturated rings. The predicted octanol–water partition coefficient (Wildman–Crippen LogP) is 27.8. The van der Waals surface area contributed by atoms with Gasteiger partial charge in [-0.05, 0) is 37.5 Å². The summed E-state index contributed by atoms with van der Waals surface area (Å²) in [6, 6.07) is 0. The normalized spacial score (nSPS) is 14.0. The number of unbranched alkanes of at least 4 members (excludes halogenated alkanes) is 58. The summed E-state index contributed by atoms with van der Waals surface area (Å²) in [5, 5.41) is 10.7. The highest BCUT2D eigenvalue weighted by Crippen LogP contribution is 2.45. The summed E-state index contributed by atoms with van der Waals surface area (Å²) in [4.78, 5) is 73.4. The molecule has 0 aromatic rings. The van der Waals surface area contributed by atoms with Crippen molar-refractivity contribution in [3.05, 3.63) is 0 Å². The number of ether oxygens (including phenoxy) is 4. The first-order chi connectivity index (χ1) is 52.9. The zero-order valence-corrected chi connectivity index (χ0v) is 73.7. The quantitative estimate of drug-likeness (QED) is 0.0222. The second-order valence-corrected chi connectivity index (χ2v) is 36.0. The zero-order valence-electron chi connectivity index (χ0n) is 71.9. The highest BCUT2D eigenvalue weighted by atomic mass is 31.2. The monoisotopic (exact) mass is 1590 g/mol. The Morgan fingerprint density at radius 1 is 0.266 bits per heavy atom. The van der Waals surface area contributed by atoms with Gasteiger partial charge in [-0.2, -0.15) is 0 Å². The molecule has 19 heteroatoms. The summed E-state index contributed by atoms with van der Waals surface area (Å²) in [5.41, 5.74) is 0. The highest BCUT2D eigenvalue weighted by Gasteiger charge is 2.31. The van der Waals surface area contributed by atoms with Crippen LogP contribution in [0.2, 0.25) is 0 Å². The minimum Gasteiger partial charge on any atom is -0.462 e. The zero-order chi connectivity index (χ0) is 79.9. The van der Waals surface area contributed by atoms with Crippen molar-refractivity contribution in [1.29, 1.82) is 0 Å². The summed E-state index contributed by atoms with van der Waals surface area (Å²) in [6.07, 6.45) is 74.9. The number of aliphatic hydroxyl groups is 1. The van der Waals surface area contributed by atoms with E-state index in [9.17, 15) is 43.2 Å². The molecule has 0 bridgehead atoms. The van der Waals surface area contributed by atoms with Crippen LogP contribution in [0, 0.1) is 11.8 Å². The van der Waals surface area contributed by atoms with Crippen LogP contribution in [0.4, 0.5) is 0 Å². The number of rotatable bonds is 89. The number of hydrogen-bond acceptors (Lipinski definition) is 15. The van der Waals surface area contributed by atoms with Gasteiger partial charge >= 0.3 is 39.5 Å². The van der Waals surface area contributed by atoms with Crippen LogP contribution in [0.5, 0.6) is 0 Å². The molecular formula is C90H176O17P2. The van der Waals surface area contributed by atoms with Crippen molar-refractivity contribution in [2.75, 3.05) is 39.6 Å². The van der Waals surface area contributed by atoms with Gasteiger partial charge < -0.3 is 33.8 Å². The van der Waals surface area contributed by atoms with Gasteiger partial charge in [-0.25, -0.2) is 9.13 Å². The van der Waals surface area contributed by atoms with Crippen LogP contribution in [0.1, 0.15) is 485 Å². The lowest BCUT2D eigenvalue weighted by molar-refractivity contribution is -0.161. The van der Waals surface area contributed by atoms with E-state index < -0.39 is 97.5 Å². The third-order valence-corrected chi connectivity index (χ3v) is 23.5. The van der Waals surface area contributed by atoms with Crippen molar-refractivity contribution in [3.63, 3.8) is 0 Å². The molecule has 648 valence electrons. The minimum atomic E-state index is -4.97. The summed E-state index contributed by atoms with van der Waals surface area (Å²) in [6.45, 7) is 9.79. The van der Waals surface area contributed by atoms with Crippen molar-refractivity contribution in [3.8, 4) is 0 Å². The van der Waals surface area contributed by atoms with Gasteiger partial charge in [0.1, 0.15) is 19.3 Å². The number of aliphatic hydroxyl groups excluding tert-OH is 1. The third kappa shape index (κ3) is 82.4. The second-order valence-electron chi connectivity index (χ2n) is 33.1. The smallest absolute Gasteiger partial charge is 0.462 e. The summed E-state index contributed by atoms with van der Waals surface area (Å²) in [7, 11) is -9.93. The van der Waals surface area contributed by atoms with Crippen molar-refractivity contribution in [1.82, 2.24) is 0 Å². The number of hydrogen-bond donors (Lipinski definition) is 3. The predicted molar refractivity (Wildman–Crippen MR) is 451 cm³/mol. The summed E-state index contributed by atoms with van der Waals surface area (Å²) in [5.74, 6) is -0.429. The van der Waals surface area contributed by atoms with Crippen LogP contribution in [-0.4, -0.2) is 96.7 Å². The van der Waals surface area contributed by atoms with E-state index in [4.69, 9.17) is 37.0 Å². The molecule has 3 unspecified atom stereocenters. The molecular weight excluding hydrogens is 1410 g/mol. The van der Waals surface area contributed by atoms with Gasteiger partial charge in [0.15, 0.2) is 12.2 Å². The highest BCUT2D eigenvalue weighted by molar-refractivity contribution is 7.47. The molecule has 0 aromatic carbocycles. The Morgan fingerprint density at radius 2 is 0.468 bits per heavy atom. The number of carbonyl (C=O) groups excluding carboxylic acids is 4. The lowest BCUT2D eigenvalue weighted by atomic mass is 9.99. The minimum absolute atomic E-state index is 0.108. The molecule has 0 radical (unpaired) electrons. The van der Waals surface area contributed by atoms with E-state index in [2.05, 4.69) is 41.5 Å². The van der Waals surface area contributed by atoms with Gasteiger partial charge in [0.2, 0.25) is 0 Å². The first-order valence-corrected chi connectivity index (χ1v) is 49.5. The molecule has 0 aliphatic carbocycles. The van der Waals surface area contributed by atoms with E-state index in [-0.39, 0.29) is 25.7 Å². The molecule has 0 saturated heterocycles. The number of esters is 4. The van der Waals surface area contributed by atoms with Crippen LogP contribution >= 0.6 is 15.6 Å². The summed E-state index contributed by atoms with van der Waals surface area (Å²) >= 11 is 0. The van der Waals surface area contributed by atoms with Gasteiger partial charge in [-0.3, -0.25) is 37.3 Å². The molecule has 17 nitrogen and oxygen atoms in total. The van der Waals surface area contributed by atoms with E-state index in [0.29, 0.717) is 25.7 Å². The number of carbonyl (C=O) groups is 4. The maximum Gasteiger partial charge on any atom is 0.472 e. The van der Waals surface area contributed by atoms with Gasteiger partial charge in [0, 0.05) is 25.7 Å². The van der Waals surface area contributed by atoms with Gasteiger partial charge in [-0.1, -0.05) is 433 Å². The van der Waals surface area contributed by atoms with E-state index in [1.807, 2.05) is 0 Å². The summed E-state index contributed by atoms with van der Waals surface area (Å²) < 4.78 is 69.1. The molecule has 0 aliphatic rings. The molecule has 109 heavy (non-hydrogen) atoms. The van der Waals surface area contributed by atoms with Crippen LogP contribution in [-0.2, 0) is 65.4 Å². The first-order valence-electron chi connectivity index (χ1n) is 46.5. The second kappa shape index (κ2) is 81.2. The Labute approximate surface area is 670 Å². The average Bonchev–Trinajstić information content (AvgIpc) is 0.898. The SMILES string of the molecule is CCCCCCCCCCCCCCCCCCCCC(=O)OC[C@H](COP(=O)(O)OC[C@@H](O)COP(=O)(O)OC[C@@H](COC(=O)CCCCCCCCCCCCCC)OC(=O)CCCCCCCCCCCCCCCCC(C)C)OC(=O)CCCCCCCCCCCCCCCCCCCCC(C)CC. The molecule has 0 spiro atoms. The fourth-order valence-corrected chi connectivity index (χ4v) is 15.7. The topological polar surface area (TPSA) is 237 Å². The van der Waals surface area contributed by atoms with Gasteiger partial charge in [0.25, 0.3) is 0 Å². The van der Waals surface area contributed by atoms with E-state index in [1.165, 1.54) is 302 Å². The first kappa shape index (κ1) is 107. The van der Waals surface area contributed by atoms with Crippen LogP contribution in [0.3, 0.4) is 0 Å². The van der Waals surface area contributed by atoms with Crippen molar-refractivity contribution < 1.29 is 80.2 Å². The van der Waals surface area contributed by atoms with Crippen LogP contribution < -0.4 is 0 Å². The maximum absolute atomic E-state index is 13.2. The standard InChI is InChI=1S/C90H176O17P2/c1-7-10-12-14-16-18-20-22-23-24-28-31-37-43-49-55-61-67-73-88(93)101-79-86(107-89(94)74-68-62-56-50-44-38-32-29-26-25-27-30-36-41-47-53-59-65-71-83(6)9-3)81-105-109(98,99)103-77-84(91)76-102-108(96,97)104-80-85(78-100-87(92)72-66-60-54-48-42-21-19-17-15-13-11-8-2)106-90(95)75-69-63-57-51-45-39-34-33-35-40-46-52-58-64-70-82(4)5/h82-86,91H,7-81H2,1-6H3,(H,96,97)(H,98,99)/t83?,84-,85+,86+/m0/s1. The lowest BCUT2D eigenvalue weighted by Crippen LogP contribution is -2.30. The molecule has 0 amide bonds. The van der Waals surface area contributed by atoms with Gasteiger partial charge in [0.05, 0.1) is 26.4 Å². The third-order valence-electron chi connectivity index (χ3n) is 21.6.